The van der Waals surface area contributed by atoms with Crippen molar-refractivity contribution < 1.29 is 14.7 Å². The highest BCUT2D eigenvalue weighted by molar-refractivity contribution is 7.20. The average molecular weight is 305 g/mol. The molecule has 0 aliphatic carbocycles. The first-order valence-electron chi connectivity index (χ1n) is 6.17. The van der Waals surface area contributed by atoms with E-state index >= 15 is 0 Å². The summed E-state index contributed by atoms with van der Waals surface area (Å²) in [5, 5.41) is 14.4. The number of urea groups is 1. The molecular formula is C14H15N3O3S. The summed E-state index contributed by atoms with van der Waals surface area (Å²) in [6.07, 6.45) is 0. The number of benzene rings is 1. The molecule has 0 saturated heterocycles. The molecule has 3 amide bonds. The summed E-state index contributed by atoms with van der Waals surface area (Å²) in [6.45, 7) is -0.0271. The van der Waals surface area contributed by atoms with Crippen molar-refractivity contribution in [1.82, 2.24) is 5.32 Å². The fourth-order valence-electron chi connectivity index (χ4n) is 1.75. The van der Waals surface area contributed by atoms with Gasteiger partial charge in [-0.2, -0.15) is 0 Å². The normalized spacial score (nSPS) is 10.2. The Balaban J connectivity index is 2.37. The van der Waals surface area contributed by atoms with Crippen molar-refractivity contribution in [2.24, 2.45) is 5.73 Å². The molecule has 1 aromatic carbocycles. The minimum absolute atomic E-state index is 0.0271. The molecule has 1 heterocycles. The number of hydrogen-bond donors (Lipinski definition) is 4. The molecule has 0 aliphatic rings. The summed E-state index contributed by atoms with van der Waals surface area (Å²) in [7, 11) is 1.49. The van der Waals surface area contributed by atoms with Gasteiger partial charge in [0.15, 0.2) is 0 Å². The van der Waals surface area contributed by atoms with E-state index < -0.39 is 11.9 Å². The van der Waals surface area contributed by atoms with Crippen LogP contribution in [0.4, 0.5) is 9.80 Å². The molecule has 7 heteroatoms. The Kier molecular flexibility index (Phi) is 4.56. The quantitative estimate of drug-likeness (QED) is 0.691. The zero-order valence-electron chi connectivity index (χ0n) is 11.3. The van der Waals surface area contributed by atoms with Crippen LogP contribution in [0, 0.1) is 0 Å². The fourth-order valence-corrected chi connectivity index (χ4v) is 2.81. The van der Waals surface area contributed by atoms with E-state index in [9.17, 15) is 9.59 Å². The van der Waals surface area contributed by atoms with Crippen LogP contribution in [0.1, 0.15) is 15.9 Å². The first kappa shape index (κ1) is 15.0. The van der Waals surface area contributed by atoms with E-state index in [-0.39, 0.29) is 12.2 Å². The van der Waals surface area contributed by atoms with Gasteiger partial charge < -0.3 is 16.2 Å². The lowest BCUT2D eigenvalue weighted by molar-refractivity contribution is 0.100. The molecule has 0 bridgehead atoms. The van der Waals surface area contributed by atoms with Crippen LogP contribution in [0.25, 0.3) is 10.4 Å². The highest BCUT2D eigenvalue weighted by atomic mass is 32.1. The van der Waals surface area contributed by atoms with Crippen LogP contribution in [0.15, 0.2) is 30.3 Å². The zero-order chi connectivity index (χ0) is 15.4. The molecule has 2 aromatic rings. The van der Waals surface area contributed by atoms with Gasteiger partial charge in [0.1, 0.15) is 5.00 Å². The predicted molar refractivity (Wildman–Crippen MR) is 82.3 cm³/mol. The number of nitrogens with one attached hydrogen (secondary N) is 2. The molecule has 0 spiro atoms. The van der Waals surface area contributed by atoms with Crippen molar-refractivity contribution >= 4 is 28.3 Å². The first-order valence-corrected chi connectivity index (χ1v) is 6.99. The number of primary amides is 1. The number of thiophene rings is 1. The van der Waals surface area contributed by atoms with E-state index in [1.807, 2.05) is 12.1 Å². The van der Waals surface area contributed by atoms with Crippen LogP contribution in [-0.2, 0) is 6.61 Å². The van der Waals surface area contributed by atoms with E-state index in [0.717, 1.165) is 16.0 Å². The number of carbonyl (C=O) groups excluding carboxylic acids is 2. The van der Waals surface area contributed by atoms with Crippen LogP contribution in [0.2, 0.25) is 0 Å². The lowest BCUT2D eigenvalue weighted by Crippen LogP contribution is -2.25. The second kappa shape index (κ2) is 6.38. The SMILES string of the molecule is CNC(=O)Nc1sc(-c2ccc(CO)cc2)cc1C(N)=O. The number of amides is 3. The number of aliphatic hydroxyl groups excluding tert-OH is 1. The van der Waals surface area contributed by atoms with E-state index in [4.69, 9.17) is 10.8 Å². The zero-order valence-corrected chi connectivity index (χ0v) is 12.2. The Labute approximate surface area is 125 Å². The lowest BCUT2D eigenvalue weighted by atomic mass is 10.1. The summed E-state index contributed by atoms with van der Waals surface area (Å²) in [5.41, 5.74) is 7.28. The second-order valence-corrected chi connectivity index (χ2v) is 5.33. The number of anilines is 1. The van der Waals surface area contributed by atoms with Crippen LogP contribution in [0.5, 0.6) is 0 Å². The van der Waals surface area contributed by atoms with Crippen molar-refractivity contribution in [2.75, 3.05) is 12.4 Å². The minimum atomic E-state index is -0.601. The van der Waals surface area contributed by atoms with Gasteiger partial charge in [0.25, 0.3) is 5.91 Å². The Morgan fingerprint density at radius 3 is 2.48 bits per heavy atom. The van der Waals surface area contributed by atoms with Crippen LogP contribution < -0.4 is 16.4 Å². The van der Waals surface area contributed by atoms with Crippen LogP contribution >= 0.6 is 11.3 Å². The van der Waals surface area contributed by atoms with Crippen molar-refractivity contribution in [1.29, 1.82) is 0 Å². The van der Waals surface area contributed by atoms with Crippen LogP contribution in [-0.4, -0.2) is 24.1 Å². The molecule has 0 unspecified atom stereocenters. The number of rotatable bonds is 4. The summed E-state index contributed by atoms with van der Waals surface area (Å²) in [6, 6.07) is 8.50. The molecule has 5 N–H and O–H groups in total. The summed E-state index contributed by atoms with van der Waals surface area (Å²) >= 11 is 1.26. The molecular weight excluding hydrogens is 290 g/mol. The molecule has 0 fully saturated rings. The van der Waals surface area contributed by atoms with E-state index in [0.29, 0.717) is 5.00 Å². The Bertz CT molecular complexity index is 665. The molecule has 0 saturated carbocycles. The fraction of sp³-hybridized carbons (Fsp3) is 0.143. The van der Waals surface area contributed by atoms with E-state index in [2.05, 4.69) is 10.6 Å². The number of nitrogens with two attached hydrogens (primary N) is 1. The minimum Gasteiger partial charge on any atom is -0.392 e. The van der Waals surface area contributed by atoms with Gasteiger partial charge in [-0.3, -0.25) is 10.1 Å². The van der Waals surface area contributed by atoms with Crippen molar-refractivity contribution in [3.63, 3.8) is 0 Å². The van der Waals surface area contributed by atoms with Gasteiger partial charge in [-0.25, -0.2) is 4.79 Å². The van der Waals surface area contributed by atoms with E-state index in [1.54, 1.807) is 18.2 Å². The molecule has 21 heavy (non-hydrogen) atoms. The van der Waals surface area contributed by atoms with Gasteiger partial charge in [-0.05, 0) is 17.2 Å². The third-order valence-electron chi connectivity index (χ3n) is 2.87. The largest absolute Gasteiger partial charge is 0.392 e. The van der Waals surface area contributed by atoms with Gasteiger partial charge >= 0.3 is 6.03 Å². The second-order valence-electron chi connectivity index (χ2n) is 4.28. The monoisotopic (exact) mass is 305 g/mol. The molecule has 0 radical (unpaired) electrons. The van der Waals surface area contributed by atoms with E-state index in [1.165, 1.54) is 18.4 Å². The van der Waals surface area contributed by atoms with Gasteiger partial charge in [0.05, 0.1) is 12.2 Å². The van der Waals surface area contributed by atoms with Crippen molar-refractivity contribution in [2.45, 2.75) is 6.61 Å². The molecule has 110 valence electrons. The molecule has 2 rings (SSSR count). The van der Waals surface area contributed by atoms with Gasteiger partial charge in [-0.15, -0.1) is 11.3 Å². The van der Waals surface area contributed by atoms with Crippen LogP contribution in [0.3, 0.4) is 0 Å². The molecule has 0 atom stereocenters. The topological polar surface area (TPSA) is 104 Å². The summed E-state index contributed by atoms with van der Waals surface area (Å²) in [4.78, 5) is 23.7. The highest BCUT2D eigenvalue weighted by Crippen LogP contribution is 2.35. The third-order valence-corrected chi connectivity index (χ3v) is 3.97. The Morgan fingerprint density at radius 1 is 1.29 bits per heavy atom. The Hall–Kier alpha value is -2.38. The number of carbonyl (C=O) groups is 2. The molecule has 1 aromatic heterocycles. The maximum Gasteiger partial charge on any atom is 0.319 e. The smallest absolute Gasteiger partial charge is 0.319 e. The number of aliphatic hydroxyl groups is 1. The highest BCUT2D eigenvalue weighted by Gasteiger charge is 2.16. The standard InChI is InChI=1S/C14H15N3O3S/c1-16-14(20)17-13-10(12(15)19)6-11(21-13)9-4-2-8(7-18)3-5-9/h2-6,18H,7H2,1H3,(H2,15,19)(H2,16,17,20). The van der Waals surface area contributed by atoms with Crippen molar-refractivity contribution in [3.8, 4) is 10.4 Å². The maximum absolute atomic E-state index is 11.5. The molecule has 0 aliphatic heterocycles. The average Bonchev–Trinajstić information content (AvgIpc) is 2.91. The first-order chi connectivity index (χ1) is 10.0. The third kappa shape index (κ3) is 3.39. The van der Waals surface area contributed by atoms with Gasteiger partial charge in [0, 0.05) is 11.9 Å². The Morgan fingerprint density at radius 2 is 1.95 bits per heavy atom. The maximum atomic E-state index is 11.5. The van der Waals surface area contributed by atoms with Gasteiger partial charge in [-0.1, -0.05) is 24.3 Å². The van der Waals surface area contributed by atoms with Gasteiger partial charge in [0.2, 0.25) is 0 Å². The summed E-state index contributed by atoms with van der Waals surface area (Å²) in [5.74, 6) is -0.601. The molecule has 6 nitrogen and oxygen atoms in total. The number of hydrogen-bond acceptors (Lipinski definition) is 4. The predicted octanol–water partition coefficient (Wildman–Crippen LogP) is 1.76. The summed E-state index contributed by atoms with van der Waals surface area (Å²) < 4.78 is 0. The lowest BCUT2D eigenvalue weighted by Gasteiger charge is -2.02. The van der Waals surface area contributed by atoms with Crippen molar-refractivity contribution in [3.05, 3.63) is 41.5 Å².